The zero-order chi connectivity index (χ0) is 13.8. The first-order valence-electron chi connectivity index (χ1n) is 5.16. The van der Waals surface area contributed by atoms with Crippen molar-refractivity contribution in [1.82, 2.24) is 0 Å². The highest BCUT2D eigenvalue weighted by Crippen LogP contribution is 2.19. The van der Waals surface area contributed by atoms with Crippen LogP contribution in [-0.2, 0) is 4.74 Å². The van der Waals surface area contributed by atoms with Crippen LogP contribution < -0.4 is 4.74 Å². The highest BCUT2D eigenvalue weighted by Gasteiger charge is 2.27. The van der Waals surface area contributed by atoms with Gasteiger partial charge >= 0.3 is 6.18 Å². The fourth-order valence-corrected chi connectivity index (χ4v) is 1.39. The number of rotatable bonds is 5. The van der Waals surface area contributed by atoms with Crippen molar-refractivity contribution < 1.29 is 27.4 Å². The molecule has 0 amide bonds. The molecule has 0 aliphatic rings. The van der Waals surface area contributed by atoms with Crippen molar-refractivity contribution in [2.45, 2.75) is 13.1 Å². The number of hydrogen-bond acceptors (Lipinski definition) is 3. The van der Waals surface area contributed by atoms with E-state index in [1.807, 2.05) is 0 Å². The lowest BCUT2D eigenvalue weighted by molar-refractivity contribution is -0.170. The van der Waals surface area contributed by atoms with Crippen LogP contribution in [0.5, 0.6) is 5.75 Å². The third-order valence-electron chi connectivity index (χ3n) is 2.22. The minimum absolute atomic E-state index is 0.301. The first-order valence-corrected chi connectivity index (χ1v) is 5.16. The maximum Gasteiger partial charge on any atom is 0.411 e. The van der Waals surface area contributed by atoms with E-state index in [1.165, 1.54) is 13.2 Å². The maximum absolute atomic E-state index is 11.8. The first-order chi connectivity index (χ1) is 8.33. The van der Waals surface area contributed by atoms with Crippen molar-refractivity contribution in [3.05, 3.63) is 29.3 Å². The second-order valence-corrected chi connectivity index (χ2v) is 3.72. The minimum atomic E-state index is -4.42. The molecule has 0 saturated heterocycles. The van der Waals surface area contributed by atoms with E-state index in [2.05, 4.69) is 4.74 Å². The topological polar surface area (TPSA) is 35.5 Å². The molecule has 0 heterocycles. The largest absolute Gasteiger partial charge is 0.496 e. The van der Waals surface area contributed by atoms with Crippen LogP contribution in [0.25, 0.3) is 0 Å². The van der Waals surface area contributed by atoms with Gasteiger partial charge in [-0.05, 0) is 30.7 Å². The number of ketones is 1. The third kappa shape index (κ3) is 4.37. The van der Waals surface area contributed by atoms with Crippen LogP contribution in [0, 0.1) is 6.92 Å². The highest BCUT2D eigenvalue weighted by molar-refractivity contribution is 5.97. The molecule has 0 unspecified atom stereocenters. The fraction of sp³-hybridized carbons (Fsp3) is 0.417. The number of methoxy groups -OCH3 is 1. The van der Waals surface area contributed by atoms with Crippen LogP contribution >= 0.6 is 0 Å². The number of ether oxygens (including phenoxy) is 2. The summed E-state index contributed by atoms with van der Waals surface area (Å²) in [4.78, 5) is 11.5. The van der Waals surface area contributed by atoms with Gasteiger partial charge in [0.05, 0.1) is 7.11 Å². The molecule has 3 nitrogen and oxygen atoms in total. The van der Waals surface area contributed by atoms with Crippen LogP contribution in [0.1, 0.15) is 15.9 Å². The van der Waals surface area contributed by atoms with Gasteiger partial charge in [-0.2, -0.15) is 13.2 Å². The minimum Gasteiger partial charge on any atom is -0.496 e. The molecule has 6 heteroatoms. The van der Waals surface area contributed by atoms with E-state index in [0.717, 1.165) is 5.56 Å². The Kier molecular flexibility index (Phi) is 4.72. The Morgan fingerprint density at radius 1 is 1.33 bits per heavy atom. The van der Waals surface area contributed by atoms with Crippen molar-refractivity contribution in [2.24, 2.45) is 0 Å². The van der Waals surface area contributed by atoms with E-state index in [1.54, 1.807) is 19.1 Å². The Bertz CT molecular complexity index is 427. The summed E-state index contributed by atoms with van der Waals surface area (Å²) in [7, 11) is 1.50. The van der Waals surface area contributed by atoms with Gasteiger partial charge in [0, 0.05) is 5.56 Å². The number of benzene rings is 1. The smallest absolute Gasteiger partial charge is 0.411 e. The van der Waals surface area contributed by atoms with E-state index in [-0.39, 0.29) is 0 Å². The Morgan fingerprint density at radius 3 is 2.50 bits per heavy atom. The molecule has 18 heavy (non-hydrogen) atoms. The average Bonchev–Trinajstić information content (AvgIpc) is 2.27. The van der Waals surface area contributed by atoms with Gasteiger partial charge in [0.25, 0.3) is 0 Å². The number of halogens is 3. The molecule has 0 aromatic heterocycles. The molecule has 0 radical (unpaired) electrons. The van der Waals surface area contributed by atoms with Crippen LogP contribution in [-0.4, -0.2) is 32.3 Å². The lowest BCUT2D eigenvalue weighted by atomic mass is 10.1. The Hall–Kier alpha value is -1.56. The molecule has 0 aliphatic heterocycles. The molecule has 0 saturated carbocycles. The third-order valence-corrected chi connectivity index (χ3v) is 2.22. The van der Waals surface area contributed by atoms with Gasteiger partial charge < -0.3 is 9.47 Å². The predicted octanol–water partition coefficient (Wildman–Crippen LogP) is 2.77. The Balaban J connectivity index is 2.59. The summed E-state index contributed by atoms with van der Waals surface area (Å²) in [5.74, 6) is 0.118. The normalized spacial score (nSPS) is 11.4. The molecule has 100 valence electrons. The van der Waals surface area contributed by atoms with Crippen LogP contribution in [0.15, 0.2) is 18.2 Å². The molecular weight excluding hydrogens is 249 g/mol. The Morgan fingerprint density at radius 2 is 2.00 bits per heavy atom. The summed E-state index contributed by atoms with van der Waals surface area (Å²) >= 11 is 0. The molecule has 0 fully saturated rings. The van der Waals surface area contributed by atoms with Gasteiger partial charge in [-0.25, -0.2) is 0 Å². The number of carbonyl (C=O) groups is 1. The number of aryl methyl sites for hydroxylation is 1. The zero-order valence-electron chi connectivity index (χ0n) is 10.0. The van der Waals surface area contributed by atoms with Gasteiger partial charge in [0.2, 0.25) is 0 Å². The van der Waals surface area contributed by atoms with Gasteiger partial charge in [-0.3, -0.25) is 4.79 Å². The van der Waals surface area contributed by atoms with Gasteiger partial charge in [-0.1, -0.05) is 0 Å². The molecule has 0 aliphatic carbocycles. The molecule has 0 N–H and O–H groups in total. The van der Waals surface area contributed by atoms with Crippen LogP contribution in [0.3, 0.4) is 0 Å². The number of alkyl halides is 3. The van der Waals surface area contributed by atoms with E-state index < -0.39 is 25.2 Å². The monoisotopic (exact) mass is 262 g/mol. The highest BCUT2D eigenvalue weighted by atomic mass is 19.4. The van der Waals surface area contributed by atoms with Crippen LogP contribution in [0.2, 0.25) is 0 Å². The Labute approximate surface area is 103 Å². The lowest BCUT2D eigenvalue weighted by Crippen LogP contribution is -2.20. The molecule has 1 aromatic rings. The zero-order valence-corrected chi connectivity index (χ0v) is 10.0. The number of carbonyl (C=O) groups excluding carboxylic acids is 1. The second kappa shape index (κ2) is 5.86. The van der Waals surface area contributed by atoms with E-state index in [4.69, 9.17) is 4.74 Å². The van der Waals surface area contributed by atoms with Crippen molar-refractivity contribution in [2.75, 3.05) is 20.3 Å². The van der Waals surface area contributed by atoms with Crippen molar-refractivity contribution in [3.8, 4) is 5.75 Å². The summed E-state index contributed by atoms with van der Waals surface area (Å²) in [6.07, 6.45) is -4.42. The lowest BCUT2D eigenvalue weighted by Gasteiger charge is -2.08. The van der Waals surface area contributed by atoms with E-state index in [0.29, 0.717) is 11.3 Å². The molecule has 0 spiro atoms. The van der Waals surface area contributed by atoms with Crippen molar-refractivity contribution in [1.29, 1.82) is 0 Å². The van der Waals surface area contributed by atoms with Crippen molar-refractivity contribution >= 4 is 5.78 Å². The molecule has 0 atom stereocenters. The summed E-state index contributed by atoms with van der Waals surface area (Å²) in [5, 5.41) is 0. The second-order valence-electron chi connectivity index (χ2n) is 3.72. The summed E-state index contributed by atoms with van der Waals surface area (Å²) in [6, 6.07) is 4.63. The van der Waals surface area contributed by atoms with E-state index in [9.17, 15) is 18.0 Å². The number of hydrogen-bond donors (Lipinski definition) is 0. The van der Waals surface area contributed by atoms with Crippen molar-refractivity contribution in [3.63, 3.8) is 0 Å². The van der Waals surface area contributed by atoms with Gasteiger partial charge in [0.15, 0.2) is 5.78 Å². The predicted molar refractivity (Wildman–Crippen MR) is 58.9 cm³/mol. The van der Waals surface area contributed by atoms with E-state index >= 15 is 0 Å². The quantitative estimate of drug-likeness (QED) is 0.765. The molecular formula is C12H13F3O3. The van der Waals surface area contributed by atoms with Gasteiger partial charge in [0.1, 0.15) is 19.0 Å². The first kappa shape index (κ1) is 14.5. The number of Topliss-reactive ketones (excluding diaryl/α,β-unsaturated/α-hetero) is 1. The standard InChI is InChI=1S/C12H13F3O3/c1-8-5-9(3-4-11(8)17-2)10(16)6-18-7-12(13,14)15/h3-5H,6-7H2,1-2H3. The van der Waals surface area contributed by atoms with Crippen LogP contribution in [0.4, 0.5) is 13.2 Å². The molecule has 1 aromatic carbocycles. The average molecular weight is 262 g/mol. The summed E-state index contributed by atoms with van der Waals surface area (Å²) < 4.78 is 44.8. The molecule has 1 rings (SSSR count). The summed E-state index contributed by atoms with van der Waals surface area (Å²) in [6.45, 7) is -0.272. The fourth-order valence-electron chi connectivity index (χ4n) is 1.39. The summed E-state index contributed by atoms with van der Waals surface area (Å²) in [5.41, 5.74) is 1.04. The maximum atomic E-state index is 11.8. The van der Waals surface area contributed by atoms with Gasteiger partial charge in [-0.15, -0.1) is 0 Å². The molecule has 0 bridgehead atoms. The SMILES string of the molecule is COc1ccc(C(=O)COCC(F)(F)F)cc1C.